The molecule has 0 saturated heterocycles. The van der Waals surface area contributed by atoms with Crippen LogP contribution in [0.1, 0.15) is 39.0 Å². The Balaban J connectivity index is 2.13. The van der Waals surface area contributed by atoms with Gasteiger partial charge in [0.05, 0.1) is 12.0 Å². The molecule has 92 valence electrons. The molecule has 0 bridgehead atoms. The third-order valence-electron chi connectivity index (χ3n) is 2.93. The van der Waals surface area contributed by atoms with E-state index in [1.54, 1.807) is 6.92 Å². The number of nitrogens with one attached hydrogen (secondary N) is 1. The molecule has 1 amide bonds. The predicted octanol–water partition coefficient (Wildman–Crippen LogP) is 1.13. The fourth-order valence-electron chi connectivity index (χ4n) is 1.84. The molecule has 5 heteroatoms. The van der Waals surface area contributed by atoms with Gasteiger partial charge in [0.25, 0.3) is 0 Å². The molecule has 0 atom stereocenters. The lowest BCUT2D eigenvalue weighted by Crippen LogP contribution is -2.31. The minimum absolute atomic E-state index is 0.0285. The van der Waals surface area contributed by atoms with Crippen LogP contribution in [0.15, 0.2) is 0 Å². The number of aliphatic carboxylic acids is 1. The van der Waals surface area contributed by atoms with E-state index in [9.17, 15) is 9.59 Å². The van der Waals surface area contributed by atoms with Gasteiger partial charge >= 0.3 is 5.97 Å². The fraction of sp³-hybridized carbons (Fsp3) is 0.818. The summed E-state index contributed by atoms with van der Waals surface area (Å²) in [5.74, 6) is -0.956. The van der Waals surface area contributed by atoms with Crippen molar-refractivity contribution in [3.63, 3.8) is 0 Å². The van der Waals surface area contributed by atoms with E-state index in [0.29, 0.717) is 19.3 Å². The predicted molar refractivity (Wildman–Crippen MR) is 57.8 cm³/mol. The SMILES string of the molecule is CCC(=O)NCOC1CCC(C(=O)O)CC1. The van der Waals surface area contributed by atoms with Crippen molar-refractivity contribution in [3.8, 4) is 0 Å². The van der Waals surface area contributed by atoms with Gasteiger partial charge in [-0.3, -0.25) is 9.59 Å². The molecule has 5 nitrogen and oxygen atoms in total. The highest BCUT2D eigenvalue weighted by Gasteiger charge is 2.26. The van der Waals surface area contributed by atoms with Crippen molar-refractivity contribution >= 4 is 11.9 Å². The first-order valence-electron chi connectivity index (χ1n) is 5.74. The van der Waals surface area contributed by atoms with Gasteiger partial charge in [-0.1, -0.05) is 6.92 Å². The maximum atomic E-state index is 10.9. The smallest absolute Gasteiger partial charge is 0.306 e. The van der Waals surface area contributed by atoms with Gasteiger partial charge < -0.3 is 15.2 Å². The number of carboxylic acid groups (broad SMARTS) is 1. The largest absolute Gasteiger partial charge is 0.481 e. The van der Waals surface area contributed by atoms with Gasteiger partial charge in [0.2, 0.25) is 5.91 Å². The fourth-order valence-corrected chi connectivity index (χ4v) is 1.84. The van der Waals surface area contributed by atoms with E-state index >= 15 is 0 Å². The van der Waals surface area contributed by atoms with Crippen molar-refractivity contribution in [2.24, 2.45) is 5.92 Å². The molecular weight excluding hydrogens is 210 g/mol. The Labute approximate surface area is 95.2 Å². The summed E-state index contributed by atoms with van der Waals surface area (Å²) in [4.78, 5) is 21.6. The number of hydrogen-bond donors (Lipinski definition) is 2. The van der Waals surface area contributed by atoms with E-state index in [0.717, 1.165) is 12.8 Å². The maximum Gasteiger partial charge on any atom is 0.306 e. The van der Waals surface area contributed by atoms with Crippen LogP contribution in [0.25, 0.3) is 0 Å². The highest BCUT2D eigenvalue weighted by atomic mass is 16.5. The molecule has 2 N–H and O–H groups in total. The minimum Gasteiger partial charge on any atom is -0.481 e. The summed E-state index contributed by atoms with van der Waals surface area (Å²) in [5, 5.41) is 11.4. The molecule has 0 aromatic rings. The topological polar surface area (TPSA) is 75.6 Å². The Kier molecular flexibility index (Phi) is 5.25. The summed E-state index contributed by atoms with van der Waals surface area (Å²) in [6.45, 7) is 2.02. The zero-order chi connectivity index (χ0) is 12.0. The molecule has 0 aromatic heterocycles. The second-order valence-corrected chi connectivity index (χ2v) is 4.08. The zero-order valence-corrected chi connectivity index (χ0v) is 9.57. The van der Waals surface area contributed by atoms with E-state index in [2.05, 4.69) is 5.32 Å². The third kappa shape index (κ3) is 4.18. The Hall–Kier alpha value is -1.10. The van der Waals surface area contributed by atoms with E-state index in [-0.39, 0.29) is 24.7 Å². The summed E-state index contributed by atoms with van der Waals surface area (Å²) in [6.07, 6.45) is 3.41. The molecular formula is C11H19NO4. The quantitative estimate of drug-likeness (QED) is 0.693. The maximum absolute atomic E-state index is 10.9. The van der Waals surface area contributed by atoms with Crippen molar-refractivity contribution in [1.82, 2.24) is 5.32 Å². The zero-order valence-electron chi connectivity index (χ0n) is 9.57. The number of ether oxygens (including phenoxy) is 1. The van der Waals surface area contributed by atoms with Crippen LogP contribution in [-0.4, -0.2) is 29.8 Å². The van der Waals surface area contributed by atoms with Crippen molar-refractivity contribution in [3.05, 3.63) is 0 Å². The lowest BCUT2D eigenvalue weighted by molar-refractivity contribution is -0.143. The van der Waals surface area contributed by atoms with Crippen LogP contribution in [0.2, 0.25) is 0 Å². The monoisotopic (exact) mass is 229 g/mol. The average molecular weight is 229 g/mol. The average Bonchev–Trinajstić information content (AvgIpc) is 2.29. The molecule has 0 heterocycles. The first kappa shape index (κ1) is 13.0. The first-order chi connectivity index (χ1) is 7.63. The normalized spacial score (nSPS) is 25.1. The number of amides is 1. The van der Waals surface area contributed by atoms with Crippen LogP contribution in [0.4, 0.5) is 0 Å². The Morgan fingerprint density at radius 3 is 2.44 bits per heavy atom. The van der Waals surface area contributed by atoms with Gasteiger partial charge in [-0.25, -0.2) is 0 Å². The Morgan fingerprint density at radius 1 is 1.31 bits per heavy atom. The van der Waals surface area contributed by atoms with E-state index in [1.165, 1.54) is 0 Å². The number of carbonyl (C=O) groups is 2. The van der Waals surface area contributed by atoms with E-state index in [4.69, 9.17) is 9.84 Å². The van der Waals surface area contributed by atoms with Crippen molar-refractivity contribution in [2.75, 3.05) is 6.73 Å². The summed E-state index contributed by atoms with van der Waals surface area (Å²) in [7, 11) is 0. The van der Waals surface area contributed by atoms with Crippen molar-refractivity contribution < 1.29 is 19.4 Å². The van der Waals surface area contributed by atoms with Crippen LogP contribution in [0.3, 0.4) is 0 Å². The molecule has 0 radical (unpaired) electrons. The van der Waals surface area contributed by atoms with Gasteiger partial charge in [-0.2, -0.15) is 0 Å². The Morgan fingerprint density at radius 2 is 1.94 bits per heavy atom. The standard InChI is InChI=1S/C11H19NO4/c1-2-10(13)12-7-16-9-5-3-8(4-6-9)11(14)15/h8-9H,2-7H2,1H3,(H,12,13)(H,14,15). The molecule has 0 unspecified atom stereocenters. The highest BCUT2D eigenvalue weighted by molar-refractivity contribution is 5.75. The molecule has 0 spiro atoms. The Bertz CT molecular complexity index is 246. The van der Waals surface area contributed by atoms with Crippen LogP contribution in [0, 0.1) is 5.92 Å². The van der Waals surface area contributed by atoms with Gasteiger partial charge in [0.1, 0.15) is 6.73 Å². The second kappa shape index (κ2) is 6.48. The lowest BCUT2D eigenvalue weighted by Gasteiger charge is -2.26. The van der Waals surface area contributed by atoms with Crippen molar-refractivity contribution in [1.29, 1.82) is 0 Å². The number of carbonyl (C=O) groups excluding carboxylic acids is 1. The second-order valence-electron chi connectivity index (χ2n) is 4.08. The molecule has 1 fully saturated rings. The minimum atomic E-state index is -0.710. The van der Waals surface area contributed by atoms with E-state index < -0.39 is 5.97 Å². The number of carboxylic acids is 1. The highest BCUT2D eigenvalue weighted by Crippen LogP contribution is 2.25. The summed E-state index contributed by atoms with van der Waals surface area (Å²) in [5.41, 5.74) is 0. The number of hydrogen-bond acceptors (Lipinski definition) is 3. The summed E-state index contributed by atoms with van der Waals surface area (Å²) < 4.78 is 5.46. The summed E-state index contributed by atoms with van der Waals surface area (Å²) >= 11 is 0. The molecule has 0 aliphatic heterocycles. The number of rotatable bonds is 5. The van der Waals surface area contributed by atoms with Gasteiger partial charge in [-0.15, -0.1) is 0 Å². The summed E-state index contributed by atoms with van der Waals surface area (Å²) in [6, 6.07) is 0. The lowest BCUT2D eigenvalue weighted by atomic mass is 9.87. The van der Waals surface area contributed by atoms with Gasteiger partial charge in [-0.05, 0) is 25.7 Å². The molecule has 1 saturated carbocycles. The van der Waals surface area contributed by atoms with Gasteiger partial charge in [0, 0.05) is 6.42 Å². The van der Waals surface area contributed by atoms with Gasteiger partial charge in [0.15, 0.2) is 0 Å². The molecule has 1 rings (SSSR count). The molecule has 0 aromatic carbocycles. The molecule has 1 aliphatic carbocycles. The van der Waals surface area contributed by atoms with Crippen molar-refractivity contribution in [2.45, 2.75) is 45.1 Å². The molecule has 1 aliphatic rings. The first-order valence-corrected chi connectivity index (χ1v) is 5.74. The van der Waals surface area contributed by atoms with Crippen LogP contribution in [-0.2, 0) is 14.3 Å². The van der Waals surface area contributed by atoms with Crippen LogP contribution < -0.4 is 5.32 Å². The van der Waals surface area contributed by atoms with E-state index in [1.807, 2.05) is 0 Å². The molecule has 16 heavy (non-hydrogen) atoms. The third-order valence-corrected chi connectivity index (χ3v) is 2.93. The van der Waals surface area contributed by atoms with Crippen LogP contribution in [0.5, 0.6) is 0 Å². The van der Waals surface area contributed by atoms with Crippen LogP contribution >= 0.6 is 0 Å².